The number of nitrogens with zero attached hydrogens (tertiary/aromatic N) is 2. The lowest BCUT2D eigenvalue weighted by atomic mass is 10.1. The van der Waals surface area contributed by atoms with Crippen LogP contribution in [0.25, 0.3) is 0 Å². The third kappa shape index (κ3) is 4.43. The molecule has 2 amide bonds. The maximum absolute atomic E-state index is 12.2. The van der Waals surface area contributed by atoms with Crippen LogP contribution in [0.2, 0.25) is 0 Å². The molecule has 102 valence electrons. The molecule has 1 N–H and O–H groups in total. The summed E-state index contributed by atoms with van der Waals surface area (Å²) in [4.78, 5) is 14.1. The molecule has 0 saturated carbocycles. The molecular weight excluding hydrogens is 226 g/mol. The van der Waals surface area contributed by atoms with Gasteiger partial charge in [0.2, 0.25) is 0 Å². The first-order valence-corrected chi connectivity index (χ1v) is 6.51. The number of carbonyl (C=O) groups is 1. The number of aryl methyl sites for hydroxylation is 1. The molecule has 0 spiro atoms. The van der Waals surface area contributed by atoms with E-state index in [1.807, 2.05) is 55.6 Å². The lowest BCUT2D eigenvalue weighted by Crippen LogP contribution is -2.48. The average Bonchev–Trinajstić information content (AvgIpc) is 2.61. The molecule has 0 radical (unpaired) electrons. The lowest BCUT2D eigenvalue weighted by molar-refractivity contribution is 0.185. The largest absolute Gasteiger partial charge is 0.353 e. The Hall–Kier alpha value is -1.45. The zero-order valence-corrected chi connectivity index (χ0v) is 12.2. The fraction of sp³-hybridized carbons (Fsp3) is 0.643. The molecule has 0 unspecified atom stereocenters. The molecule has 1 heterocycles. The molecular formula is C14H25N3O. The van der Waals surface area contributed by atoms with Crippen LogP contribution in [0.3, 0.4) is 0 Å². The van der Waals surface area contributed by atoms with Crippen molar-refractivity contribution < 1.29 is 4.79 Å². The van der Waals surface area contributed by atoms with Crippen LogP contribution in [-0.2, 0) is 13.6 Å². The number of amides is 2. The van der Waals surface area contributed by atoms with Crippen molar-refractivity contribution in [2.45, 2.75) is 46.2 Å². The number of carbonyl (C=O) groups excluding carboxylic acids is 1. The van der Waals surface area contributed by atoms with Crippen molar-refractivity contribution in [3.63, 3.8) is 0 Å². The zero-order chi connectivity index (χ0) is 13.8. The third-order valence-electron chi connectivity index (χ3n) is 2.67. The normalized spacial score (nSPS) is 11.4. The summed E-state index contributed by atoms with van der Waals surface area (Å²) in [5, 5.41) is 3.01. The maximum atomic E-state index is 12.2. The number of rotatable bonds is 4. The standard InChI is InChI=1S/C14H25N3O/c1-6-9-17(13(18)15-14(2,3)4)11-12-8-7-10-16(12)5/h7-8,10H,6,9,11H2,1-5H3,(H,15,18). The van der Waals surface area contributed by atoms with E-state index in [0.29, 0.717) is 6.54 Å². The Morgan fingerprint density at radius 3 is 2.56 bits per heavy atom. The number of nitrogens with one attached hydrogen (secondary N) is 1. The minimum absolute atomic E-state index is 0.00514. The topological polar surface area (TPSA) is 37.3 Å². The van der Waals surface area contributed by atoms with Crippen molar-refractivity contribution in [2.24, 2.45) is 7.05 Å². The van der Waals surface area contributed by atoms with Crippen molar-refractivity contribution in [2.75, 3.05) is 6.54 Å². The van der Waals surface area contributed by atoms with Gasteiger partial charge in [0.1, 0.15) is 0 Å². The Balaban J connectivity index is 2.71. The van der Waals surface area contributed by atoms with E-state index in [-0.39, 0.29) is 11.6 Å². The van der Waals surface area contributed by atoms with Crippen LogP contribution in [0.15, 0.2) is 18.3 Å². The van der Waals surface area contributed by atoms with E-state index in [2.05, 4.69) is 12.2 Å². The monoisotopic (exact) mass is 251 g/mol. The van der Waals surface area contributed by atoms with Gasteiger partial charge in [-0.2, -0.15) is 0 Å². The van der Waals surface area contributed by atoms with Crippen LogP contribution in [0, 0.1) is 0 Å². The Labute approximate surface area is 110 Å². The fourth-order valence-electron chi connectivity index (χ4n) is 1.78. The van der Waals surface area contributed by atoms with Gasteiger partial charge in [0.25, 0.3) is 0 Å². The minimum atomic E-state index is -0.197. The highest BCUT2D eigenvalue weighted by molar-refractivity contribution is 5.74. The molecule has 0 atom stereocenters. The second-order valence-electron chi connectivity index (χ2n) is 5.71. The summed E-state index contributed by atoms with van der Waals surface area (Å²) in [5.41, 5.74) is 0.949. The summed E-state index contributed by atoms with van der Waals surface area (Å²) in [5.74, 6) is 0. The number of hydrogen-bond donors (Lipinski definition) is 1. The van der Waals surface area contributed by atoms with Gasteiger partial charge in [-0.15, -0.1) is 0 Å². The molecule has 1 aromatic rings. The first-order chi connectivity index (χ1) is 8.33. The molecule has 0 aliphatic carbocycles. The SMILES string of the molecule is CCCN(Cc1cccn1C)C(=O)NC(C)(C)C. The van der Waals surface area contributed by atoms with E-state index >= 15 is 0 Å². The molecule has 4 heteroatoms. The molecule has 1 aromatic heterocycles. The second-order valence-corrected chi connectivity index (χ2v) is 5.71. The van der Waals surface area contributed by atoms with Gasteiger partial charge >= 0.3 is 6.03 Å². The summed E-state index contributed by atoms with van der Waals surface area (Å²) < 4.78 is 2.05. The maximum Gasteiger partial charge on any atom is 0.318 e. The van der Waals surface area contributed by atoms with Crippen LogP contribution in [-0.4, -0.2) is 27.6 Å². The van der Waals surface area contributed by atoms with Crippen molar-refractivity contribution in [1.82, 2.24) is 14.8 Å². The van der Waals surface area contributed by atoms with E-state index in [4.69, 9.17) is 0 Å². The third-order valence-corrected chi connectivity index (χ3v) is 2.67. The Morgan fingerprint density at radius 1 is 1.44 bits per heavy atom. The minimum Gasteiger partial charge on any atom is -0.353 e. The summed E-state index contributed by atoms with van der Waals surface area (Å²) >= 11 is 0. The Kier molecular flexibility index (Phi) is 4.82. The predicted molar refractivity (Wildman–Crippen MR) is 74.4 cm³/mol. The fourth-order valence-corrected chi connectivity index (χ4v) is 1.78. The van der Waals surface area contributed by atoms with Gasteiger partial charge in [0.05, 0.1) is 6.54 Å². The predicted octanol–water partition coefficient (Wildman–Crippen LogP) is 2.75. The first-order valence-electron chi connectivity index (χ1n) is 6.51. The molecule has 0 aliphatic heterocycles. The van der Waals surface area contributed by atoms with Gasteiger partial charge in [-0.1, -0.05) is 6.92 Å². The average molecular weight is 251 g/mol. The molecule has 0 fully saturated rings. The quantitative estimate of drug-likeness (QED) is 0.877. The molecule has 0 saturated heterocycles. The lowest BCUT2D eigenvalue weighted by Gasteiger charge is -2.28. The first kappa shape index (κ1) is 14.6. The number of aromatic nitrogens is 1. The molecule has 4 nitrogen and oxygen atoms in total. The van der Waals surface area contributed by atoms with Crippen LogP contribution in [0.5, 0.6) is 0 Å². The Morgan fingerprint density at radius 2 is 2.11 bits per heavy atom. The van der Waals surface area contributed by atoms with Crippen molar-refractivity contribution in [1.29, 1.82) is 0 Å². The van der Waals surface area contributed by atoms with Gasteiger partial charge < -0.3 is 14.8 Å². The van der Waals surface area contributed by atoms with E-state index in [1.54, 1.807) is 0 Å². The summed E-state index contributed by atoms with van der Waals surface area (Å²) in [6, 6.07) is 4.05. The van der Waals surface area contributed by atoms with Crippen LogP contribution >= 0.6 is 0 Å². The van der Waals surface area contributed by atoms with E-state index in [0.717, 1.165) is 18.7 Å². The molecule has 1 rings (SSSR count). The highest BCUT2D eigenvalue weighted by Gasteiger charge is 2.19. The van der Waals surface area contributed by atoms with E-state index in [9.17, 15) is 4.79 Å². The second kappa shape index (κ2) is 5.94. The molecule has 18 heavy (non-hydrogen) atoms. The number of hydrogen-bond acceptors (Lipinski definition) is 1. The van der Waals surface area contributed by atoms with Crippen LogP contribution < -0.4 is 5.32 Å². The van der Waals surface area contributed by atoms with Crippen molar-refractivity contribution in [3.8, 4) is 0 Å². The summed E-state index contributed by atoms with van der Waals surface area (Å²) in [6.07, 6.45) is 2.96. The number of urea groups is 1. The van der Waals surface area contributed by atoms with E-state index in [1.165, 1.54) is 0 Å². The smallest absolute Gasteiger partial charge is 0.318 e. The van der Waals surface area contributed by atoms with Gasteiger partial charge in [-0.25, -0.2) is 4.79 Å². The zero-order valence-electron chi connectivity index (χ0n) is 12.2. The molecule has 0 aliphatic rings. The highest BCUT2D eigenvalue weighted by atomic mass is 16.2. The summed E-state index contributed by atoms with van der Waals surface area (Å²) in [7, 11) is 2.00. The van der Waals surface area contributed by atoms with Gasteiger partial charge in [-0.05, 0) is 39.3 Å². The highest BCUT2D eigenvalue weighted by Crippen LogP contribution is 2.08. The Bertz CT molecular complexity index is 390. The van der Waals surface area contributed by atoms with Crippen molar-refractivity contribution in [3.05, 3.63) is 24.0 Å². The van der Waals surface area contributed by atoms with Crippen LogP contribution in [0.1, 0.15) is 39.8 Å². The van der Waals surface area contributed by atoms with E-state index < -0.39 is 0 Å². The molecule has 0 bridgehead atoms. The van der Waals surface area contributed by atoms with Crippen molar-refractivity contribution >= 4 is 6.03 Å². The summed E-state index contributed by atoms with van der Waals surface area (Å²) in [6.45, 7) is 9.50. The van der Waals surface area contributed by atoms with Gasteiger partial charge in [0.15, 0.2) is 0 Å². The molecule has 0 aromatic carbocycles. The van der Waals surface area contributed by atoms with Gasteiger partial charge in [0, 0.05) is 31.0 Å². The van der Waals surface area contributed by atoms with Gasteiger partial charge in [-0.3, -0.25) is 0 Å². The van der Waals surface area contributed by atoms with Crippen LogP contribution in [0.4, 0.5) is 4.79 Å².